The molecule has 0 unspecified atom stereocenters. The van der Waals surface area contributed by atoms with E-state index in [9.17, 15) is 13.2 Å². The first kappa shape index (κ1) is 25.2. The Kier molecular flexibility index (Phi) is 6.42. The number of ether oxygens (including phenoxy) is 1. The van der Waals surface area contributed by atoms with Crippen LogP contribution in [-0.2, 0) is 23.0 Å². The predicted molar refractivity (Wildman–Crippen MR) is 150 cm³/mol. The van der Waals surface area contributed by atoms with Crippen LogP contribution in [0.2, 0.25) is 0 Å². The van der Waals surface area contributed by atoms with Gasteiger partial charge in [0.05, 0.1) is 27.9 Å². The van der Waals surface area contributed by atoms with Crippen LogP contribution in [0.5, 0.6) is 5.75 Å². The van der Waals surface area contributed by atoms with Gasteiger partial charge in [-0.05, 0) is 60.9 Å². The summed E-state index contributed by atoms with van der Waals surface area (Å²) in [6.45, 7) is 2.59. The van der Waals surface area contributed by atoms with E-state index in [1.165, 1.54) is 45.5 Å². The lowest BCUT2D eigenvalue weighted by Gasteiger charge is -2.28. The number of thiazole rings is 1. The minimum absolute atomic E-state index is 0.157. The van der Waals surface area contributed by atoms with Crippen LogP contribution in [-0.4, -0.2) is 47.0 Å². The van der Waals surface area contributed by atoms with Gasteiger partial charge in [-0.3, -0.25) is 4.79 Å². The second-order valence-electron chi connectivity index (χ2n) is 9.25. The fourth-order valence-electron chi connectivity index (χ4n) is 4.64. The highest BCUT2D eigenvalue weighted by atomic mass is 32.2. The molecule has 0 spiro atoms. The maximum Gasteiger partial charge on any atom is 0.256 e. The van der Waals surface area contributed by atoms with Gasteiger partial charge in [0, 0.05) is 30.8 Å². The summed E-state index contributed by atoms with van der Waals surface area (Å²) in [6.07, 6.45) is 0.672. The topological polar surface area (TPSA) is 106 Å². The smallest absolute Gasteiger partial charge is 0.256 e. The quantitative estimate of drug-likeness (QED) is 0.320. The highest BCUT2D eigenvalue weighted by molar-refractivity contribution is 7.89. The zero-order valence-corrected chi connectivity index (χ0v) is 22.9. The molecule has 1 N–H and O–H groups in total. The van der Waals surface area contributed by atoms with Crippen LogP contribution in [0.1, 0.15) is 27.2 Å². The lowest BCUT2D eigenvalue weighted by atomic mass is 10.0. The molecule has 1 amide bonds. The van der Waals surface area contributed by atoms with Crippen molar-refractivity contribution in [2.45, 2.75) is 24.8 Å². The zero-order valence-electron chi connectivity index (χ0n) is 21.3. The average molecular weight is 560 g/mol. The maximum atomic E-state index is 13.3. The molecule has 6 rings (SSSR count). The van der Waals surface area contributed by atoms with Crippen molar-refractivity contribution in [2.24, 2.45) is 0 Å². The molecule has 0 saturated carbocycles. The number of carbonyl (C=O) groups excluding carboxylic acids is 1. The Labute approximate surface area is 229 Å². The van der Waals surface area contributed by atoms with Gasteiger partial charge in [-0.2, -0.15) is 14.1 Å². The van der Waals surface area contributed by atoms with Crippen molar-refractivity contribution in [3.63, 3.8) is 0 Å². The SMILES string of the molecule is COc1ccc2sc(-n3nc(C)cc3NC(=O)c3ccc(S(=O)(=O)N4CCc5ccccc5C4)cc3)nc2c1. The first-order valence-electron chi connectivity index (χ1n) is 12.3. The molecule has 11 heteroatoms. The van der Waals surface area contributed by atoms with Gasteiger partial charge in [0.1, 0.15) is 11.6 Å². The molecule has 39 heavy (non-hydrogen) atoms. The maximum absolute atomic E-state index is 13.3. The van der Waals surface area contributed by atoms with Crippen molar-refractivity contribution < 1.29 is 17.9 Å². The molecule has 0 fully saturated rings. The number of aryl methyl sites for hydroxylation is 1. The molecule has 2 aromatic heterocycles. The number of nitrogens with one attached hydrogen (secondary N) is 1. The highest BCUT2D eigenvalue weighted by Crippen LogP contribution is 2.30. The number of nitrogens with zero attached hydrogens (tertiary/aromatic N) is 4. The Hall–Kier alpha value is -4.06. The van der Waals surface area contributed by atoms with Crippen LogP contribution in [0.15, 0.2) is 77.7 Å². The van der Waals surface area contributed by atoms with E-state index >= 15 is 0 Å². The second-order valence-corrected chi connectivity index (χ2v) is 12.2. The lowest BCUT2D eigenvalue weighted by molar-refractivity contribution is 0.102. The van der Waals surface area contributed by atoms with E-state index in [4.69, 9.17) is 4.74 Å². The number of benzene rings is 3. The number of methoxy groups -OCH3 is 1. The number of sulfonamides is 1. The Balaban J connectivity index is 1.21. The summed E-state index contributed by atoms with van der Waals surface area (Å²) in [5.74, 6) is 0.794. The summed E-state index contributed by atoms with van der Waals surface area (Å²) in [5.41, 5.74) is 4.01. The first-order chi connectivity index (χ1) is 18.8. The predicted octanol–water partition coefficient (Wildman–Crippen LogP) is 4.80. The molecule has 1 aliphatic rings. The van der Waals surface area contributed by atoms with Gasteiger partial charge >= 0.3 is 0 Å². The van der Waals surface area contributed by atoms with Gasteiger partial charge in [0.2, 0.25) is 15.2 Å². The zero-order chi connectivity index (χ0) is 27.1. The molecule has 3 heterocycles. The van der Waals surface area contributed by atoms with Crippen molar-refractivity contribution in [2.75, 3.05) is 19.0 Å². The third-order valence-corrected chi connectivity index (χ3v) is 9.56. The van der Waals surface area contributed by atoms with Crippen molar-refractivity contribution >= 4 is 43.3 Å². The van der Waals surface area contributed by atoms with Crippen molar-refractivity contribution in [1.29, 1.82) is 0 Å². The standard InChI is InChI=1S/C28H25N5O4S2/c1-18-15-26(33(31-18)28-29-24-16-22(37-2)9-12-25(24)38-28)30-27(34)20-7-10-23(11-8-20)39(35,36)32-14-13-19-5-3-4-6-21(19)17-32/h3-12,15-16H,13-14,17H2,1-2H3,(H,30,34). The summed E-state index contributed by atoms with van der Waals surface area (Å²) >= 11 is 1.45. The molecule has 0 aliphatic carbocycles. The Morgan fingerprint density at radius 1 is 1.03 bits per heavy atom. The van der Waals surface area contributed by atoms with E-state index in [1.807, 2.05) is 49.4 Å². The fraction of sp³-hybridized carbons (Fsp3) is 0.179. The average Bonchev–Trinajstić information content (AvgIpc) is 3.54. The van der Waals surface area contributed by atoms with Gasteiger partial charge < -0.3 is 10.1 Å². The molecule has 1 aliphatic heterocycles. The third-order valence-electron chi connectivity index (χ3n) is 6.69. The third kappa shape index (κ3) is 4.80. The van der Waals surface area contributed by atoms with Gasteiger partial charge in [0.25, 0.3) is 5.91 Å². The lowest BCUT2D eigenvalue weighted by Crippen LogP contribution is -2.35. The number of hydrogen-bond acceptors (Lipinski definition) is 7. The number of rotatable bonds is 6. The van der Waals surface area contributed by atoms with Gasteiger partial charge in [-0.25, -0.2) is 13.4 Å². The monoisotopic (exact) mass is 559 g/mol. The number of fused-ring (bicyclic) bond motifs is 2. The van der Waals surface area contributed by atoms with E-state index in [0.717, 1.165) is 15.8 Å². The Morgan fingerprint density at radius 3 is 2.56 bits per heavy atom. The molecule has 198 valence electrons. The normalized spacial score (nSPS) is 13.8. The number of carbonyl (C=O) groups is 1. The van der Waals surface area contributed by atoms with Crippen LogP contribution in [0.3, 0.4) is 0 Å². The molecular weight excluding hydrogens is 534 g/mol. The van der Waals surface area contributed by atoms with E-state index in [1.54, 1.807) is 17.9 Å². The van der Waals surface area contributed by atoms with E-state index in [0.29, 0.717) is 47.5 Å². The molecule has 0 saturated heterocycles. The van der Waals surface area contributed by atoms with Crippen molar-refractivity contribution in [1.82, 2.24) is 19.1 Å². The molecular formula is C28H25N5O4S2. The molecule has 5 aromatic rings. The van der Waals surface area contributed by atoms with Gasteiger partial charge in [-0.15, -0.1) is 0 Å². The van der Waals surface area contributed by atoms with Crippen LogP contribution in [0, 0.1) is 6.92 Å². The van der Waals surface area contributed by atoms with Crippen LogP contribution >= 0.6 is 11.3 Å². The molecule has 9 nitrogen and oxygen atoms in total. The fourth-order valence-corrected chi connectivity index (χ4v) is 6.97. The second kappa shape index (κ2) is 9.92. The Bertz CT molecular complexity index is 1810. The van der Waals surface area contributed by atoms with Gasteiger partial charge in [0.15, 0.2) is 0 Å². The van der Waals surface area contributed by atoms with E-state index in [2.05, 4.69) is 15.4 Å². The molecule has 3 aromatic carbocycles. The molecule has 0 bridgehead atoms. The number of amides is 1. The Morgan fingerprint density at radius 2 is 1.79 bits per heavy atom. The summed E-state index contributed by atoms with van der Waals surface area (Å²) in [4.78, 5) is 17.9. The number of aromatic nitrogens is 3. The number of hydrogen-bond donors (Lipinski definition) is 1. The summed E-state index contributed by atoms with van der Waals surface area (Å²) < 4.78 is 35.9. The first-order valence-corrected chi connectivity index (χ1v) is 14.6. The van der Waals surface area contributed by atoms with Crippen molar-refractivity contribution in [3.8, 4) is 10.9 Å². The molecule has 0 atom stereocenters. The minimum Gasteiger partial charge on any atom is -0.497 e. The largest absolute Gasteiger partial charge is 0.497 e. The van der Waals surface area contributed by atoms with Crippen LogP contribution < -0.4 is 10.1 Å². The summed E-state index contributed by atoms with van der Waals surface area (Å²) in [7, 11) is -2.09. The minimum atomic E-state index is -3.69. The van der Waals surface area contributed by atoms with E-state index in [-0.39, 0.29) is 10.8 Å². The molecule has 0 radical (unpaired) electrons. The number of anilines is 1. The van der Waals surface area contributed by atoms with Crippen molar-refractivity contribution in [3.05, 3.63) is 95.2 Å². The van der Waals surface area contributed by atoms with E-state index < -0.39 is 10.0 Å². The summed E-state index contributed by atoms with van der Waals surface area (Å²) in [5, 5.41) is 8.01. The van der Waals surface area contributed by atoms with Crippen LogP contribution in [0.25, 0.3) is 15.3 Å². The highest BCUT2D eigenvalue weighted by Gasteiger charge is 2.28. The van der Waals surface area contributed by atoms with Crippen LogP contribution in [0.4, 0.5) is 5.82 Å². The summed E-state index contributed by atoms with van der Waals surface area (Å²) in [6, 6.07) is 21.3. The van der Waals surface area contributed by atoms with Gasteiger partial charge in [-0.1, -0.05) is 35.6 Å².